The summed E-state index contributed by atoms with van der Waals surface area (Å²) in [4.78, 5) is 15.1. The van der Waals surface area contributed by atoms with Gasteiger partial charge >= 0.3 is 5.69 Å². The fourth-order valence-electron chi connectivity index (χ4n) is 2.60. The molecule has 1 aromatic carbocycles. The van der Waals surface area contributed by atoms with Crippen molar-refractivity contribution in [2.24, 2.45) is 0 Å². The van der Waals surface area contributed by atoms with Gasteiger partial charge in [0.1, 0.15) is 11.3 Å². The molecular weight excluding hydrogens is 248 g/mol. The minimum atomic E-state index is -0.0219. The summed E-state index contributed by atoms with van der Waals surface area (Å²) < 4.78 is 7.20. The quantitative estimate of drug-likeness (QED) is 0.906. The number of H-pyrrole nitrogens is 1. The van der Waals surface area contributed by atoms with Gasteiger partial charge in [0.25, 0.3) is 0 Å². The van der Waals surface area contributed by atoms with Crippen molar-refractivity contribution in [3.63, 3.8) is 0 Å². The van der Waals surface area contributed by atoms with Crippen molar-refractivity contribution in [3.05, 3.63) is 28.7 Å². The lowest BCUT2D eigenvalue weighted by Gasteiger charge is -2.22. The average molecular weight is 264 g/mol. The number of ether oxygens (including phenoxy) is 1. The molecule has 0 aliphatic carbocycles. The van der Waals surface area contributed by atoms with Crippen LogP contribution in [0, 0.1) is 0 Å². The van der Waals surface area contributed by atoms with Crippen LogP contribution in [0.2, 0.25) is 0 Å². The SMILES string of the molecule is COc1cccc2c1[nH]c(=O)n2C1CCSCC1. The summed E-state index contributed by atoms with van der Waals surface area (Å²) in [5, 5.41) is 0. The van der Waals surface area contributed by atoms with Gasteiger partial charge in [0.15, 0.2) is 0 Å². The van der Waals surface area contributed by atoms with Crippen molar-refractivity contribution < 1.29 is 4.74 Å². The standard InChI is InChI=1S/C13H16N2O2S/c1-17-11-4-2-3-10-12(11)14-13(16)15(10)9-5-7-18-8-6-9/h2-4,9H,5-8H2,1H3,(H,14,16). The van der Waals surface area contributed by atoms with E-state index >= 15 is 0 Å². The van der Waals surface area contributed by atoms with Gasteiger partial charge in [-0.3, -0.25) is 4.57 Å². The van der Waals surface area contributed by atoms with Crippen LogP contribution in [-0.2, 0) is 0 Å². The van der Waals surface area contributed by atoms with Gasteiger partial charge in [0, 0.05) is 6.04 Å². The molecule has 96 valence electrons. The zero-order chi connectivity index (χ0) is 12.5. The molecule has 5 heteroatoms. The molecule has 2 aromatic rings. The number of fused-ring (bicyclic) bond motifs is 1. The van der Waals surface area contributed by atoms with Crippen LogP contribution in [0.3, 0.4) is 0 Å². The molecule has 1 fully saturated rings. The summed E-state index contributed by atoms with van der Waals surface area (Å²) in [7, 11) is 1.63. The topological polar surface area (TPSA) is 47.0 Å². The first-order valence-corrected chi connectivity index (χ1v) is 7.31. The summed E-state index contributed by atoms with van der Waals surface area (Å²) in [5.41, 5.74) is 1.74. The largest absolute Gasteiger partial charge is 0.494 e. The lowest BCUT2D eigenvalue weighted by molar-refractivity contribution is 0.419. The zero-order valence-corrected chi connectivity index (χ0v) is 11.1. The number of rotatable bonds is 2. The van der Waals surface area contributed by atoms with Crippen LogP contribution in [0.4, 0.5) is 0 Å². The summed E-state index contributed by atoms with van der Waals surface area (Å²) in [6.45, 7) is 0. The van der Waals surface area contributed by atoms with Gasteiger partial charge in [0.2, 0.25) is 0 Å². The van der Waals surface area contributed by atoms with Crippen molar-refractivity contribution in [2.45, 2.75) is 18.9 Å². The Bertz CT molecular complexity index is 611. The predicted molar refractivity (Wildman–Crippen MR) is 74.7 cm³/mol. The van der Waals surface area contributed by atoms with E-state index in [2.05, 4.69) is 4.98 Å². The van der Waals surface area contributed by atoms with E-state index in [1.165, 1.54) is 0 Å². The van der Waals surface area contributed by atoms with Crippen molar-refractivity contribution in [2.75, 3.05) is 18.6 Å². The van der Waals surface area contributed by atoms with Crippen LogP contribution in [0.15, 0.2) is 23.0 Å². The van der Waals surface area contributed by atoms with E-state index in [1.54, 1.807) is 7.11 Å². The van der Waals surface area contributed by atoms with Gasteiger partial charge in [-0.15, -0.1) is 0 Å². The average Bonchev–Trinajstić information content (AvgIpc) is 2.75. The van der Waals surface area contributed by atoms with Crippen molar-refractivity contribution in [1.82, 2.24) is 9.55 Å². The number of methoxy groups -OCH3 is 1. The Kier molecular flexibility index (Phi) is 3.07. The highest BCUT2D eigenvalue weighted by Gasteiger charge is 2.20. The normalized spacial score (nSPS) is 17.2. The first kappa shape index (κ1) is 11.7. The lowest BCUT2D eigenvalue weighted by atomic mass is 10.1. The first-order chi connectivity index (χ1) is 8.81. The molecule has 1 aliphatic rings. The maximum atomic E-state index is 12.2. The smallest absolute Gasteiger partial charge is 0.326 e. The van der Waals surface area contributed by atoms with Crippen LogP contribution < -0.4 is 10.4 Å². The van der Waals surface area contributed by atoms with E-state index in [9.17, 15) is 4.79 Å². The number of aromatic nitrogens is 2. The Morgan fingerprint density at radius 3 is 2.89 bits per heavy atom. The maximum absolute atomic E-state index is 12.2. The third kappa shape index (κ3) is 1.82. The van der Waals surface area contributed by atoms with E-state index in [1.807, 2.05) is 34.5 Å². The van der Waals surface area contributed by atoms with Gasteiger partial charge in [-0.1, -0.05) is 6.07 Å². The summed E-state index contributed by atoms with van der Waals surface area (Å²) in [5.74, 6) is 3.00. The molecule has 1 N–H and O–H groups in total. The summed E-state index contributed by atoms with van der Waals surface area (Å²) in [6.07, 6.45) is 2.13. The molecule has 4 nitrogen and oxygen atoms in total. The van der Waals surface area contributed by atoms with E-state index < -0.39 is 0 Å². The van der Waals surface area contributed by atoms with Crippen LogP contribution in [0.1, 0.15) is 18.9 Å². The Morgan fingerprint density at radius 2 is 2.17 bits per heavy atom. The summed E-state index contributed by atoms with van der Waals surface area (Å²) >= 11 is 1.96. The first-order valence-electron chi connectivity index (χ1n) is 6.16. The van der Waals surface area contributed by atoms with Crippen LogP contribution in [-0.4, -0.2) is 28.2 Å². The molecular formula is C13H16N2O2S. The molecule has 18 heavy (non-hydrogen) atoms. The Hall–Kier alpha value is -1.36. The number of hydrogen-bond donors (Lipinski definition) is 1. The third-order valence-electron chi connectivity index (χ3n) is 3.49. The monoisotopic (exact) mass is 264 g/mol. The van der Waals surface area contributed by atoms with Gasteiger partial charge in [-0.05, 0) is 36.5 Å². The van der Waals surface area contributed by atoms with Crippen LogP contribution >= 0.6 is 11.8 Å². The minimum absolute atomic E-state index is 0.0219. The highest BCUT2D eigenvalue weighted by molar-refractivity contribution is 7.99. The number of para-hydroxylation sites is 1. The van der Waals surface area contributed by atoms with E-state index in [4.69, 9.17) is 4.74 Å². The molecule has 2 heterocycles. The molecule has 0 unspecified atom stereocenters. The van der Waals surface area contributed by atoms with Gasteiger partial charge < -0.3 is 9.72 Å². The number of thioether (sulfide) groups is 1. The molecule has 0 spiro atoms. The molecule has 0 bridgehead atoms. The number of imidazole rings is 1. The van der Waals surface area contributed by atoms with Crippen LogP contribution in [0.5, 0.6) is 5.75 Å². The molecule has 1 saturated heterocycles. The minimum Gasteiger partial charge on any atom is -0.494 e. The van der Waals surface area contributed by atoms with Crippen molar-refractivity contribution in [3.8, 4) is 5.75 Å². The number of nitrogens with zero attached hydrogens (tertiary/aromatic N) is 1. The van der Waals surface area contributed by atoms with Crippen LogP contribution in [0.25, 0.3) is 11.0 Å². The van der Waals surface area contributed by atoms with E-state index in [0.29, 0.717) is 6.04 Å². The number of hydrogen-bond acceptors (Lipinski definition) is 3. The Morgan fingerprint density at radius 1 is 1.39 bits per heavy atom. The molecule has 0 atom stereocenters. The molecule has 0 radical (unpaired) electrons. The second kappa shape index (κ2) is 4.72. The lowest BCUT2D eigenvalue weighted by Crippen LogP contribution is -2.25. The van der Waals surface area contributed by atoms with Crippen molar-refractivity contribution >= 4 is 22.8 Å². The number of nitrogens with one attached hydrogen (secondary N) is 1. The van der Waals surface area contributed by atoms with Gasteiger partial charge in [-0.2, -0.15) is 11.8 Å². The van der Waals surface area contributed by atoms with E-state index in [-0.39, 0.29) is 5.69 Å². The maximum Gasteiger partial charge on any atom is 0.326 e. The van der Waals surface area contributed by atoms with Crippen molar-refractivity contribution in [1.29, 1.82) is 0 Å². The molecule has 1 aliphatic heterocycles. The Labute approximate surface area is 109 Å². The van der Waals surface area contributed by atoms with Gasteiger partial charge in [-0.25, -0.2) is 4.79 Å². The highest BCUT2D eigenvalue weighted by Crippen LogP contribution is 2.30. The molecule has 1 aromatic heterocycles. The van der Waals surface area contributed by atoms with Gasteiger partial charge in [0.05, 0.1) is 12.6 Å². The predicted octanol–water partition coefficient (Wildman–Crippen LogP) is 2.41. The second-order valence-corrected chi connectivity index (χ2v) is 5.72. The molecule has 3 rings (SSSR count). The molecule has 0 amide bonds. The second-order valence-electron chi connectivity index (χ2n) is 4.50. The van der Waals surface area contributed by atoms with E-state index in [0.717, 1.165) is 41.1 Å². The fraction of sp³-hybridized carbons (Fsp3) is 0.462. The zero-order valence-electron chi connectivity index (χ0n) is 10.3. The highest BCUT2D eigenvalue weighted by atomic mass is 32.2. The number of benzene rings is 1. The fourth-order valence-corrected chi connectivity index (χ4v) is 3.68. The molecule has 0 saturated carbocycles. The summed E-state index contributed by atoms with van der Waals surface area (Å²) in [6, 6.07) is 6.11. The Balaban J connectivity index is 2.16. The third-order valence-corrected chi connectivity index (χ3v) is 4.54. The number of aromatic amines is 1.